The second kappa shape index (κ2) is 8.37. The summed E-state index contributed by atoms with van der Waals surface area (Å²) in [6, 6.07) is 12.4. The molecule has 35 heavy (non-hydrogen) atoms. The van der Waals surface area contributed by atoms with E-state index in [9.17, 15) is 13.6 Å². The van der Waals surface area contributed by atoms with Gasteiger partial charge in [0.15, 0.2) is 17.9 Å². The van der Waals surface area contributed by atoms with Gasteiger partial charge in [0.05, 0.1) is 29.1 Å². The van der Waals surface area contributed by atoms with Crippen LogP contribution in [0.25, 0.3) is 22.3 Å². The number of pyridine rings is 1. The predicted molar refractivity (Wildman–Crippen MR) is 131 cm³/mol. The number of halogens is 2. The van der Waals surface area contributed by atoms with Crippen molar-refractivity contribution in [3.05, 3.63) is 77.6 Å². The zero-order valence-electron chi connectivity index (χ0n) is 19.2. The molecule has 2 aliphatic rings. The highest BCUT2D eigenvalue weighted by Crippen LogP contribution is 2.42. The summed E-state index contributed by atoms with van der Waals surface area (Å²) in [6.45, 7) is 4.44. The first kappa shape index (κ1) is 21.6. The lowest BCUT2D eigenvalue weighted by Crippen LogP contribution is -2.65. The number of nitrogens with zero attached hydrogens (tertiary/aromatic N) is 5. The lowest BCUT2D eigenvalue weighted by molar-refractivity contribution is 0.112. The minimum atomic E-state index is -0.977. The number of rotatable bonds is 4. The lowest BCUT2D eigenvalue weighted by atomic mass is 9.80. The number of hydrogen-bond acceptors (Lipinski definition) is 6. The van der Waals surface area contributed by atoms with Gasteiger partial charge in [-0.15, -0.1) is 0 Å². The van der Waals surface area contributed by atoms with Crippen molar-refractivity contribution in [2.75, 3.05) is 29.4 Å². The Bertz CT molecular complexity index is 1440. The van der Waals surface area contributed by atoms with Crippen molar-refractivity contribution in [1.82, 2.24) is 15.0 Å². The van der Waals surface area contributed by atoms with E-state index in [2.05, 4.69) is 24.8 Å². The Morgan fingerprint density at radius 2 is 1.94 bits per heavy atom. The quantitative estimate of drug-likeness (QED) is 0.398. The van der Waals surface area contributed by atoms with Crippen LogP contribution in [0.1, 0.15) is 22.3 Å². The molecule has 0 aliphatic carbocycles. The molecular weight excluding hydrogens is 448 g/mol. The van der Waals surface area contributed by atoms with Crippen LogP contribution in [0.4, 0.5) is 20.3 Å². The number of aldehydes is 1. The van der Waals surface area contributed by atoms with E-state index in [1.165, 1.54) is 12.3 Å². The minimum Gasteiger partial charge on any atom is -0.365 e. The average Bonchev–Trinajstić information content (AvgIpc) is 2.88. The highest BCUT2D eigenvalue weighted by molar-refractivity contribution is 5.95. The first-order chi connectivity index (χ1) is 17.0. The van der Waals surface area contributed by atoms with E-state index >= 15 is 0 Å². The van der Waals surface area contributed by atoms with Gasteiger partial charge in [-0.1, -0.05) is 18.2 Å². The number of hydrogen-bond donors (Lipinski definition) is 0. The van der Waals surface area contributed by atoms with Gasteiger partial charge in [-0.05, 0) is 43.2 Å². The van der Waals surface area contributed by atoms with Gasteiger partial charge in [0.2, 0.25) is 0 Å². The van der Waals surface area contributed by atoms with Crippen molar-refractivity contribution in [3.8, 4) is 11.3 Å². The zero-order valence-corrected chi connectivity index (χ0v) is 19.2. The molecule has 4 heterocycles. The van der Waals surface area contributed by atoms with Gasteiger partial charge in [-0.25, -0.2) is 18.7 Å². The van der Waals surface area contributed by atoms with Crippen molar-refractivity contribution < 1.29 is 13.6 Å². The Labute approximate surface area is 201 Å². The Balaban J connectivity index is 1.32. The molecule has 4 aromatic rings. The first-order valence-electron chi connectivity index (χ1n) is 11.7. The fourth-order valence-corrected chi connectivity index (χ4v) is 5.39. The van der Waals surface area contributed by atoms with Crippen molar-refractivity contribution in [2.45, 2.75) is 19.4 Å². The largest absolute Gasteiger partial charge is 0.365 e. The molecule has 0 spiro atoms. The molecule has 2 aromatic heterocycles. The molecule has 2 fully saturated rings. The third-order valence-corrected chi connectivity index (χ3v) is 7.23. The summed E-state index contributed by atoms with van der Waals surface area (Å²) in [5.74, 6) is -0.748. The zero-order chi connectivity index (χ0) is 24.1. The fourth-order valence-electron chi connectivity index (χ4n) is 5.39. The highest BCUT2D eigenvalue weighted by Gasteiger charge is 2.44. The third kappa shape index (κ3) is 3.51. The van der Waals surface area contributed by atoms with E-state index in [1.807, 2.05) is 37.3 Å². The number of anilines is 2. The van der Waals surface area contributed by atoms with Gasteiger partial charge in [0, 0.05) is 42.9 Å². The molecular formula is C27H23F2N5O. The number of carbonyl (C=O) groups excluding carboxylic acids is 1. The fraction of sp³-hybridized carbons (Fsp3) is 0.259. The number of piperidine rings is 1. The van der Waals surface area contributed by atoms with Gasteiger partial charge >= 0.3 is 0 Å². The SMILES string of the molecule is Cc1ccc(-c2ccccn2)c(C=O)c1N1C[C@H]2CCN(c3cnc4c(F)c(F)ccc4n3)C[C@H]21. The molecule has 6 rings (SSSR count). The van der Waals surface area contributed by atoms with Crippen LogP contribution in [0, 0.1) is 24.5 Å². The molecule has 0 radical (unpaired) electrons. The third-order valence-electron chi connectivity index (χ3n) is 7.23. The minimum absolute atomic E-state index is 0.0634. The molecule has 0 saturated carbocycles. The highest BCUT2D eigenvalue weighted by atomic mass is 19.2. The summed E-state index contributed by atoms with van der Waals surface area (Å²) in [5, 5.41) is 0. The van der Waals surface area contributed by atoms with Crippen LogP contribution in [0.5, 0.6) is 0 Å². The smallest absolute Gasteiger partial charge is 0.186 e. The monoisotopic (exact) mass is 471 g/mol. The van der Waals surface area contributed by atoms with E-state index in [0.717, 1.165) is 54.4 Å². The molecule has 2 saturated heterocycles. The van der Waals surface area contributed by atoms with Crippen molar-refractivity contribution in [1.29, 1.82) is 0 Å². The molecule has 2 aromatic carbocycles. The standard InChI is InChI=1S/C27H23F2N5O/c1-16-5-6-18(21-4-2-3-10-30-21)19(15-35)27(16)34-13-17-9-11-33(14-23(17)34)24-12-31-26-22(32-24)8-7-20(28)25(26)29/h2-8,10,12,15,17,23H,9,11,13-14H2,1H3/t17-,23-/m1/s1. The van der Waals surface area contributed by atoms with E-state index in [0.29, 0.717) is 29.4 Å². The summed E-state index contributed by atoms with van der Waals surface area (Å²) in [5.41, 5.74) is 4.52. The summed E-state index contributed by atoms with van der Waals surface area (Å²) in [4.78, 5) is 29.9. The molecule has 6 nitrogen and oxygen atoms in total. The maximum atomic E-state index is 14.1. The van der Waals surface area contributed by atoms with E-state index < -0.39 is 11.6 Å². The van der Waals surface area contributed by atoms with Crippen molar-refractivity contribution >= 4 is 28.8 Å². The van der Waals surface area contributed by atoms with Gasteiger partial charge < -0.3 is 9.80 Å². The first-order valence-corrected chi connectivity index (χ1v) is 11.7. The second-order valence-electron chi connectivity index (χ2n) is 9.20. The molecule has 8 heteroatoms. The summed E-state index contributed by atoms with van der Waals surface area (Å²) in [6.07, 6.45) is 5.15. The van der Waals surface area contributed by atoms with Crippen molar-refractivity contribution in [3.63, 3.8) is 0 Å². The predicted octanol–water partition coefficient (Wildman–Crippen LogP) is 4.81. The second-order valence-corrected chi connectivity index (χ2v) is 9.20. The van der Waals surface area contributed by atoms with Crippen LogP contribution in [0.15, 0.2) is 54.9 Å². The molecule has 0 bridgehead atoms. The Kier molecular flexibility index (Phi) is 5.16. The normalized spacial score (nSPS) is 19.4. The summed E-state index contributed by atoms with van der Waals surface area (Å²) < 4.78 is 27.6. The number of fused-ring (bicyclic) bond motifs is 2. The Hall–Kier alpha value is -3.94. The maximum Gasteiger partial charge on any atom is 0.186 e. The molecule has 176 valence electrons. The maximum absolute atomic E-state index is 14.1. The van der Waals surface area contributed by atoms with Crippen LogP contribution < -0.4 is 9.80 Å². The van der Waals surface area contributed by atoms with Crippen LogP contribution >= 0.6 is 0 Å². The summed E-state index contributed by atoms with van der Waals surface area (Å²) >= 11 is 0. The van der Waals surface area contributed by atoms with Crippen LogP contribution in [-0.2, 0) is 0 Å². The Morgan fingerprint density at radius 3 is 2.74 bits per heavy atom. The van der Waals surface area contributed by atoms with Crippen molar-refractivity contribution in [2.24, 2.45) is 5.92 Å². The van der Waals surface area contributed by atoms with E-state index in [1.54, 1.807) is 6.20 Å². The molecule has 2 atom stereocenters. The number of benzene rings is 2. The van der Waals surface area contributed by atoms with Gasteiger partial charge in [0.25, 0.3) is 0 Å². The molecule has 0 N–H and O–H groups in total. The van der Waals surface area contributed by atoms with Gasteiger partial charge in [-0.2, -0.15) is 0 Å². The summed E-state index contributed by atoms with van der Waals surface area (Å²) in [7, 11) is 0. The number of aryl methyl sites for hydroxylation is 1. The van der Waals surface area contributed by atoms with Crippen LogP contribution in [-0.4, -0.2) is 46.9 Å². The van der Waals surface area contributed by atoms with E-state index in [-0.39, 0.29) is 11.6 Å². The topological polar surface area (TPSA) is 62.2 Å². The van der Waals surface area contributed by atoms with E-state index in [4.69, 9.17) is 0 Å². The molecule has 0 unspecified atom stereocenters. The number of aromatic nitrogens is 3. The lowest BCUT2D eigenvalue weighted by Gasteiger charge is -2.55. The van der Waals surface area contributed by atoms with Crippen LogP contribution in [0.3, 0.4) is 0 Å². The molecule has 0 amide bonds. The van der Waals surface area contributed by atoms with Gasteiger partial charge in [-0.3, -0.25) is 9.78 Å². The average molecular weight is 472 g/mol. The number of carbonyl (C=O) groups is 1. The molecule has 2 aliphatic heterocycles. The van der Waals surface area contributed by atoms with Crippen LogP contribution in [0.2, 0.25) is 0 Å². The van der Waals surface area contributed by atoms with Gasteiger partial charge in [0.1, 0.15) is 11.3 Å². The Morgan fingerprint density at radius 1 is 1.06 bits per heavy atom.